The van der Waals surface area contributed by atoms with Crippen molar-refractivity contribution in [2.24, 2.45) is 5.92 Å². The molecule has 0 bridgehead atoms. The van der Waals surface area contributed by atoms with Crippen LogP contribution in [0.1, 0.15) is 31.4 Å². The van der Waals surface area contributed by atoms with Gasteiger partial charge in [-0.05, 0) is 44.6 Å². The van der Waals surface area contributed by atoms with E-state index in [9.17, 15) is 5.26 Å². The summed E-state index contributed by atoms with van der Waals surface area (Å²) >= 11 is 1.60. The van der Waals surface area contributed by atoms with Crippen LogP contribution in [0.5, 0.6) is 0 Å². The molecule has 0 spiro atoms. The Morgan fingerprint density at radius 1 is 1.47 bits per heavy atom. The maximum Gasteiger partial charge on any atom is 0.187 e. The summed E-state index contributed by atoms with van der Waals surface area (Å²) in [4.78, 5) is 8.67. The third-order valence-electron chi connectivity index (χ3n) is 3.71. The minimum Gasteiger partial charge on any atom is -0.296 e. The first-order chi connectivity index (χ1) is 9.22. The lowest BCUT2D eigenvalue weighted by molar-refractivity contribution is 0.401. The fraction of sp³-hybridized carbons (Fsp3) is 0.643. The molecule has 2 aliphatic rings. The van der Waals surface area contributed by atoms with E-state index in [1.165, 1.54) is 25.7 Å². The second-order valence-corrected chi connectivity index (χ2v) is 6.49. The number of hydrogen-bond acceptors (Lipinski definition) is 5. The number of nitrogens with zero attached hydrogens (tertiary/aromatic N) is 3. The number of thioether (sulfide) groups is 1. The van der Waals surface area contributed by atoms with E-state index in [2.05, 4.69) is 21.4 Å². The fourth-order valence-electron chi connectivity index (χ4n) is 2.28. The van der Waals surface area contributed by atoms with Gasteiger partial charge in [0.2, 0.25) is 0 Å². The van der Waals surface area contributed by atoms with Crippen molar-refractivity contribution in [1.82, 2.24) is 15.3 Å². The largest absolute Gasteiger partial charge is 0.296 e. The highest BCUT2D eigenvalue weighted by Crippen LogP contribution is 2.43. The van der Waals surface area contributed by atoms with Gasteiger partial charge in [-0.2, -0.15) is 5.26 Å². The van der Waals surface area contributed by atoms with Gasteiger partial charge in [-0.3, -0.25) is 5.32 Å². The van der Waals surface area contributed by atoms with E-state index >= 15 is 0 Å². The minimum absolute atomic E-state index is 0.376. The molecule has 5 heteroatoms. The molecule has 1 heterocycles. The summed E-state index contributed by atoms with van der Waals surface area (Å²) in [6.07, 6.45) is 6.54. The molecule has 1 aromatic heterocycles. The van der Waals surface area contributed by atoms with Crippen molar-refractivity contribution in [2.75, 3.05) is 5.75 Å². The summed E-state index contributed by atoms with van der Waals surface area (Å²) in [7, 11) is 0. The Bertz CT molecular complexity index is 504. The zero-order chi connectivity index (χ0) is 13.3. The zero-order valence-corrected chi connectivity index (χ0v) is 11.9. The van der Waals surface area contributed by atoms with Crippen LogP contribution in [0.3, 0.4) is 0 Å². The van der Waals surface area contributed by atoms with Crippen molar-refractivity contribution >= 4 is 11.8 Å². The molecule has 2 aliphatic carbocycles. The van der Waals surface area contributed by atoms with Crippen LogP contribution < -0.4 is 5.32 Å². The molecule has 0 amide bonds. The number of aryl methyl sites for hydroxylation is 1. The first kappa shape index (κ1) is 12.9. The molecule has 0 radical (unpaired) electrons. The second-order valence-electron chi connectivity index (χ2n) is 5.55. The lowest BCUT2D eigenvalue weighted by Gasteiger charge is -2.27. The lowest BCUT2D eigenvalue weighted by atomic mass is 9.97. The van der Waals surface area contributed by atoms with E-state index in [0.717, 1.165) is 16.6 Å². The van der Waals surface area contributed by atoms with Gasteiger partial charge in [0, 0.05) is 23.7 Å². The molecule has 1 atom stereocenters. The van der Waals surface area contributed by atoms with E-state index in [1.54, 1.807) is 18.0 Å². The van der Waals surface area contributed by atoms with Gasteiger partial charge in [-0.25, -0.2) is 9.97 Å². The summed E-state index contributed by atoms with van der Waals surface area (Å²) in [5.74, 6) is 1.25. The number of nitriles is 1. The number of hydrogen-bond donors (Lipinski definition) is 1. The van der Waals surface area contributed by atoms with E-state index < -0.39 is 0 Å². The van der Waals surface area contributed by atoms with Gasteiger partial charge in [0.05, 0.1) is 6.07 Å². The van der Waals surface area contributed by atoms with Gasteiger partial charge >= 0.3 is 0 Å². The van der Waals surface area contributed by atoms with Crippen LogP contribution >= 0.6 is 11.8 Å². The van der Waals surface area contributed by atoms with Crippen molar-refractivity contribution in [1.29, 1.82) is 5.26 Å². The maximum atomic E-state index is 9.63. The van der Waals surface area contributed by atoms with Gasteiger partial charge in [-0.15, -0.1) is 0 Å². The van der Waals surface area contributed by atoms with Crippen LogP contribution in [0, 0.1) is 24.2 Å². The molecule has 1 N–H and O–H groups in total. The first-order valence-electron chi connectivity index (χ1n) is 6.83. The van der Waals surface area contributed by atoms with Crippen molar-refractivity contribution in [3.05, 3.63) is 18.0 Å². The zero-order valence-electron chi connectivity index (χ0n) is 11.1. The fourth-order valence-corrected chi connectivity index (χ4v) is 3.36. The van der Waals surface area contributed by atoms with Crippen molar-refractivity contribution in [2.45, 2.75) is 49.3 Å². The quantitative estimate of drug-likeness (QED) is 0.637. The van der Waals surface area contributed by atoms with E-state index in [-0.39, 0.29) is 5.54 Å². The Kier molecular flexibility index (Phi) is 3.46. The van der Waals surface area contributed by atoms with E-state index in [1.807, 2.05) is 13.0 Å². The third kappa shape index (κ3) is 3.07. The van der Waals surface area contributed by atoms with Crippen molar-refractivity contribution < 1.29 is 0 Å². The average molecular weight is 274 g/mol. The topological polar surface area (TPSA) is 61.6 Å². The molecule has 0 aromatic carbocycles. The van der Waals surface area contributed by atoms with E-state index in [4.69, 9.17) is 0 Å². The monoisotopic (exact) mass is 274 g/mol. The smallest absolute Gasteiger partial charge is 0.187 e. The molecule has 19 heavy (non-hydrogen) atoms. The number of rotatable bonds is 6. The normalized spacial score (nSPS) is 21.7. The number of nitrogens with one attached hydrogen (secondary N) is 1. The summed E-state index contributed by atoms with van der Waals surface area (Å²) in [5, 5.41) is 14.0. The van der Waals surface area contributed by atoms with Gasteiger partial charge in [0.25, 0.3) is 0 Å². The van der Waals surface area contributed by atoms with Gasteiger partial charge < -0.3 is 0 Å². The average Bonchev–Trinajstić information content (AvgIpc) is 3.27. The lowest BCUT2D eigenvalue weighted by Crippen LogP contribution is -2.49. The molecule has 0 aliphatic heterocycles. The Morgan fingerprint density at radius 3 is 2.84 bits per heavy atom. The Morgan fingerprint density at radius 2 is 2.26 bits per heavy atom. The summed E-state index contributed by atoms with van der Waals surface area (Å²) in [6, 6.07) is 4.99. The predicted molar refractivity (Wildman–Crippen MR) is 74.7 cm³/mol. The summed E-state index contributed by atoms with van der Waals surface area (Å²) in [5.41, 5.74) is 0.598. The molecule has 1 aromatic rings. The third-order valence-corrected chi connectivity index (χ3v) is 4.77. The Hall–Kier alpha value is -1.12. The van der Waals surface area contributed by atoms with Gasteiger partial charge in [0.15, 0.2) is 5.16 Å². The predicted octanol–water partition coefficient (Wildman–Crippen LogP) is 2.30. The molecular weight excluding hydrogens is 256 g/mol. The van der Waals surface area contributed by atoms with Crippen LogP contribution in [0.4, 0.5) is 0 Å². The van der Waals surface area contributed by atoms with Crippen LogP contribution in [-0.2, 0) is 0 Å². The van der Waals surface area contributed by atoms with Gasteiger partial charge in [-0.1, -0.05) is 11.8 Å². The molecule has 0 saturated heterocycles. The molecule has 1 unspecified atom stereocenters. The van der Waals surface area contributed by atoms with Crippen LogP contribution in [0.25, 0.3) is 0 Å². The van der Waals surface area contributed by atoms with Crippen LogP contribution in [-0.4, -0.2) is 27.3 Å². The first-order valence-corrected chi connectivity index (χ1v) is 7.82. The molecule has 2 fully saturated rings. The highest BCUT2D eigenvalue weighted by Gasteiger charge is 2.48. The second kappa shape index (κ2) is 5.10. The van der Waals surface area contributed by atoms with Crippen LogP contribution in [0.15, 0.2) is 17.4 Å². The SMILES string of the molecule is Cc1ccnc(SCC(C#N)(NC2CC2)C2CC2)n1. The molecule has 4 nitrogen and oxygen atoms in total. The maximum absolute atomic E-state index is 9.63. The van der Waals surface area contributed by atoms with Crippen LogP contribution in [0.2, 0.25) is 0 Å². The number of aromatic nitrogens is 2. The van der Waals surface area contributed by atoms with Crippen molar-refractivity contribution in [3.63, 3.8) is 0 Å². The summed E-state index contributed by atoms with van der Waals surface area (Å²) < 4.78 is 0. The highest BCUT2D eigenvalue weighted by atomic mass is 32.2. The van der Waals surface area contributed by atoms with E-state index in [0.29, 0.717) is 12.0 Å². The molecule has 2 saturated carbocycles. The summed E-state index contributed by atoms with van der Waals surface area (Å²) in [6.45, 7) is 1.96. The Labute approximate surface area is 118 Å². The minimum atomic E-state index is -0.376. The highest BCUT2D eigenvalue weighted by molar-refractivity contribution is 7.99. The standard InChI is InChI=1S/C14H18N4S/c1-10-6-7-16-13(17-10)19-9-14(8-15,11-2-3-11)18-12-4-5-12/h6-7,11-12,18H,2-5,9H2,1H3. The molecule has 100 valence electrons. The van der Waals surface area contributed by atoms with Gasteiger partial charge in [0.1, 0.15) is 5.54 Å². The Balaban J connectivity index is 1.68. The molecular formula is C14H18N4S. The molecule has 3 rings (SSSR count). The van der Waals surface area contributed by atoms with Crippen molar-refractivity contribution in [3.8, 4) is 6.07 Å².